The fourth-order valence-electron chi connectivity index (χ4n) is 1.98. The van der Waals surface area contributed by atoms with Gasteiger partial charge in [-0.25, -0.2) is 0 Å². The van der Waals surface area contributed by atoms with Gasteiger partial charge in [0.1, 0.15) is 5.84 Å². The molecule has 0 bridgehead atoms. The summed E-state index contributed by atoms with van der Waals surface area (Å²) in [7, 11) is 0. The first-order valence-electron chi connectivity index (χ1n) is 6.34. The van der Waals surface area contributed by atoms with Crippen molar-refractivity contribution in [2.45, 2.75) is 59.2 Å². The highest BCUT2D eigenvalue weighted by Crippen LogP contribution is 2.03. The summed E-state index contributed by atoms with van der Waals surface area (Å²) in [4.78, 5) is 2.43. The highest BCUT2D eigenvalue weighted by Gasteiger charge is 2.13. The molecule has 0 heterocycles. The van der Waals surface area contributed by atoms with Crippen LogP contribution in [0.2, 0.25) is 0 Å². The van der Waals surface area contributed by atoms with E-state index in [1.807, 2.05) is 6.92 Å². The Morgan fingerprint density at radius 1 is 1.24 bits per heavy atom. The maximum absolute atomic E-state index is 8.47. The fourth-order valence-corrected chi connectivity index (χ4v) is 1.98. The van der Waals surface area contributed by atoms with Crippen LogP contribution < -0.4 is 11.1 Å². The number of hydrogen-bond acceptors (Lipinski definition) is 4. The molecule has 5 nitrogen and oxygen atoms in total. The third kappa shape index (κ3) is 7.18. The van der Waals surface area contributed by atoms with Gasteiger partial charge in [-0.15, -0.1) is 0 Å². The molecule has 0 aliphatic carbocycles. The number of hydrogen-bond donors (Lipinski definition) is 3. The lowest BCUT2D eigenvalue weighted by Crippen LogP contribution is -2.43. The molecule has 0 spiro atoms. The largest absolute Gasteiger partial charge is 0.409 e. The van der Waals surface area contributed by atoms with E-state index in [1.165, 1.54) is 0 Å². The molecule has 0 aromatic rings. The minimum absolute atomic E-state index is 0.229. The van der Waals surface area contributed by atoms with Gasteiger partial charge in [0, 0.05) is 37.6 Å². The minimum atomic E-state index is 0.229. The van der Waals surface area contributed by atoms with Crippen molar-refractivity contribution < 1.29 is 5.21 Å². The molecule has 0 fully saturated rings. The van der Waals surface area contributed by atoms with Gasteiger partial charge < -0.3 is 16.3 Å². The van der Waals surface area contributed by atoms with Crippen LogP contribution in [0.3, 0.4) is 0 Å². The summed E-state index contributed by atoms with van der Waals surface area (Å²) < 4.78 is 0. The maximum atomic E-state index is 8.47. The first kappa shape index (κ1) is 16.2. The van der Waals surface area contributed by atoms with E-state index in [0.717, 1.165) is 13.1 Å². The molecule has 0 aromatic heterocycles. The van der Waals surface area contributed by atoms with Crippen LogP contribution >= 0.6 is 0 Å². The number of nitrogens with two attached hydrogens (primary N) is 1. The molecule has 0 aromatic carbocycles. The maximum Gasteiger partial charge on any atom is 0.140 e. The summed E-state index contributed by atoms with van der Waals surface area (Å²) in [6.45, 7) is 12.8. The second-order valence-electron chi connectivity index (χ2n) is 5.08. The Kier molecular flexibility index (Phi) is 7.91. The Balaban J connectivity index is 3.88. The summed E-state index contributed by atoms with van der Waals surface area (Å²) in [5.41, 5.74) is 5.45. The molecule has 0 aliphatic rings. The molecule has 0 amide bonds. The smallest absolute Gasteiger partial charge is 0.140 e. The van der Waals surface area contributed by atoms with Crippen molar-refractivity contribution in [2.75, 3.05) is 13.1 Å². The highest BCUT2D eigenvalue weighted by atomic mass is 16.4. The van der Waals surface area contributed by atoms with Crippen molar-refractivity contribution in [3.63, 3.8) is 0 Å². The molecule has 102 valence electrons. The molecule has 0 radical (unpaired) electrons. The first-order valence-corrected chi connectivity index (χ1v) is 6.34. The summed E-state index contributed by atoms with van der Waals surface area (Å²) in [5, 5.41) is 14.8. The molecule has 0 aliphatic heterocycles. The molecular weight excluding hydrogens is 216 g/mol. The summed E-state index contributed by atoms with van der Waals surface area (Å²) in [6, 6.07) is 1.33. The van der Waals surface area contributed by atoms with Crippen LogP contribution in [0.5, 0.6) is 0 Å². The van der Waals surface area contributed by atoms with E-state index >= 15 is 0 Å². The summed E-state index contributed by atoms with van der Waals surface area (Å²) in [5.74, 6) is 0.273. The Labute approximate surface area is 105 Å². The van der Waals surface area contributed by atoms with Crippen LogP contribution in [0.1, 0.15) is 41.0 Å². The average Bonchev–Trinajstić information content (AvgIpc) is 2.22. The van der Waals surface area contributed by atoms with Gasteiger partial charge in [0.15, 0.2) is 0 Å². The van der Waals surface area contributed by atoms with E-state index in [4.69, 9.17) is 10.9 Å². The van der Waals surface area contributed by atoms with Crippen molar-refractivity contribution in [3.8, 4) is 0 Å². The topological polar surface area (TPSA) is 73.9 Å². The predicted octanol–water partition coefficient (Wildman–Crippen LogP) is 1.22. The molecule has 0 saturated carbocycles. The van der Waals surface area contributed by atoms with Crippen molar-refractivity contribution in [2.24, 2.45) is 10.9 Å². The van der Waals surface area contributed by atoms with Gasteiger partial charge in [0.25, 0.3) is 0 Å². The van der Waals surface area contributed by atoms with Crippen molar-refractivity contribution in [3.05, 3.63) is 0 Å². The fraction of sp³-hybridized carbons (Fsp3) is 0.917. The SMILES string of the molecule is CC(CC(N)=NO)NCCN(C(C)C)C(C)C. The summed E-state index contributed by atoms with van der Waals surface area (Å²) in [6.07, 6.45) is 0.569. The number of amidine groups is 1. The average molecular weight is 244 g/mol. The van der Waals surface area contributed by atoms with E-state index in [9.17, 15) is 0 Å². The van der Waals surface area contributed by atoms with Crippen LogP contribution in [0.4, 0.5) is 0 Å². The third-order valence-electron chi connectivity index (χ3n) is 2.83. The van der Waals surface area contributed by atoms with Crippen molar-refractivity contribution >= 4 is 5.84 Å². The lowest BCUT2D eigenvalue weighted by atomic mass is 10.2. The molecule has 17 heavy (non-hydrogen) atoms. The van der Waals surface area contributed by atoms with Gasteiger partial charge in [-0.05, 0) is 34.6 Å². The zero-order chi connectivity index (χ0) is 13.4. The standard InChI is InChI=1S/C12H28N4O/c1-9(2)16(10(3)4)7-6-14-11(5)8-12(13)15-17/h9-11,14,17H,6-8H2,1-5H3,(H2,13,15). The predicted molar refractivity (Wildman–Crippen MR) is 72.5 cm³/mol. The molecule has 0 saturated heterocycles. The number of nitrogens with zero attached hydrogens (tertiary/aromatic N) is 2. The second-order valence-corrected chi connectivity index (χ2v) is 5.08. The monoisotopic (exact) mass is 244 g/mol. The zero-order valence-electron chi connectivity index (χ0n) is 11.8. The molecule has 5 heteroatoms. The van der Waals surface area contributed by atoms with E-state index < -0.39 is 0 Å². The Bertz CT molecular complexity index is 221. The van der Waals surface area contributed by atoms with E-state index in [1.54, 1.807) is 0 Å². The normalized spacial score (nSPS) is 14.9. The summed E-state index contributed by atoms with van der Waals surface area (Å²) >= 11 is 0. The van der Waals surface area contributed by atoms with Gasteiger partial charge in [-0.3, -0.25) is 4.90 Å². The zero-order valence-corrected chi connectivity index (χ0v) is 11.8. The van der Waals surface area contributed by atoms with Crippen LogP contribution in [0.15, 0.2) is 5.16 Å². The molecule has 1 atom stereocenters. The van der Waals surface area contributed by atoms with Crippen LogP contribution in [0, 0.1) is 0 Å². The Morgan fingerprint density at radius 3 is 2.18 bits per heavy atom. The van der Waals surface area contributed by atoms with E-state index in [0.29, 0.717) is 18.5 Å². The Morgan fingerprint density at radius 2 is 1.76 bits per heavy atom. The van der Waals surface area contributed by atoms with Gasteiger partial charge in [0.2, 0.25) is 0 Å². The van der Waals surface area contributed by atoms with Gasteiger partial charge in [-0.1, -0.05) is 5.16 Å². The quantitative estimate of drug-likeness (QED) is 0.260. The Hall–Kier alpha value is -0.810. The van der Waals surface area contributed by atoms with Crippen LogP contribution in [-0.4, -0.2) is 47.2 Å². The number of rotatable bonds is 8. The molecule has 0 rings (SSSR count). The molecule has 1 unspecified atom stereocenters. The lowest BCUT2D eigenvalue weighted by molar-refractivity contribution is 0.174. The number of nitrogens with one attached hydrogen (secondary N) is 1. The van der Waals surface area contributed by atoms with Crippen LogP contribution in [0.25, 0.3) is 0 Å². The van der Waals surface area contributed by atoms with Gasteiger partial charge in [0.05, 0.1) is 0 Å². The van der Waals surface area contributed by atoms with Gasteiger partial charge in [-0.2, -0.15) is 0 Å². The first-order chi connectivity index (χ1) is 7.88. The highest BCUT2D eigenvalue weighted by molar-refractivity contribution is 5.80. The second kappa shape index (κ2) is 8.31. The van der Waals surface area contributed by atoms with E-state index in [2.05, 4.69) is 43.1 Å². The molecular formula is C12H28N4O. The minimum Gasteiger partial charge on any atom is -0.409 e. The van der Waals surface area contributed by atoms with Crippen molar-refractivity contribution in [1.82, 2.24) is 10.2 Å². The third-order valence-corrected chi connectivity index (χ3v) is 2.83. The van der Waals surface area contributed by atoms with Gasteiger partial charge >= 0.3 is 0 Å². The lowest BCUT2D eigenvalue weighted by Gasteiger charge is -2.31. The van der Waals surface area contributed by atoms with E-state index in [-0.39, 0.29) is 11.9 Å². The number of oxime groups is 1. The molecule has 4 N–H and O–H groups in total. The van der Waals surface area contributed by atoms with Crippen LogP contribution in [-0.2, 0) is 0 Å². The van der Waals surface area contributed by atoms with Crippen molar-refractivity contribution in [1.29, 1.82) is 0 Å².